The van der Waals surface area contributed by atoms with E-state index in [4.69, 9.17) is 23.0 Å². The molecule has 2 aliphatic heterocycles. The molecule has 53 heavy (non-hydrogen) atoms. The molecule has 4 N–H and O–H groups in total. The predicted octanol–water partition coefficient (Wildman–Crippen LogP) is 3.44. The van der Waals surface area contributed by atoms with Crippen molar-refractivity contribution in [3.05, 3.63) is 77.0 Å². The first-order valence-electron chi connectivity index (χ1n) is 16.6. The van der Waals surface area contributed by atoms with Gasteiger partial charge < -0.3 is 38.5 Å². The molecule has 6 heterocycles. The average Bonchev–Trinajstić information content (AvgIpc) is 3.89. The van der Waals surface area contributed by atoms with Gasteiger partial charge in [0.05, 0.1) is 31.0 Å². The quantitative estimate of drug-likeness (QED) is 0.133. The van der Waals surface area contributed by atoms with Gasteiger partial charge in [0.15, 0.2) is 23.5 Å². The summed E-state index contributed by atoms with van der Waals surface area (Å²) in [5, 5.41) is 13.6. The van der Waals surface area contributed by atoms with Crippen molar-refractivity contribution in [2.24, 2.45) is 11.8 Å². The van der Waals surface area contributed by atoms with Gasteiger partial charge in [0.1, 0.15) is 42.1 Å². The summed E-state index contributed by atoms with van der Waals surface area (Å²) < 4.78 is 58.5. The standard InChI is InChI=1S/C32H36N8O11P2/c1-16-22(49-32(25(16)50-52(44)45)40-15-35-23-28(40)36-18(3)37-30(23)43)13-47-53(4,46)51-24-17(2)31(48-21(24)12-41)39-11-10-20-26(33-14-34-27(20)39)38-29(42)19-8-6-5-7-9-19/h5-11,14-17,21-22,24-25,31-32,41H,12-13H2,1-4H3,(H2-,33,34,36,37,38,42,43,44,45)/p+1/t16-,17?,21+,22+,24+,25?,31+,32+,53?/m0/s1. The number of aliphatic hydroxyl groups excluding tert-OH is 1. The van der Waals surface area contributed by atoms with Crippen molar-refractivity contribution in [3.8, 4) is 0 Å². The third-order valence-corrected chi connectivity index (χ3v) is 11.1. The third kappa shape index (κ3) is 7.32. The zero-order valence-electron chi connectivity index (χ0n) is 28.9. The van der Waals surface area contributed by atoms with Crippen LogP contribution in [0.1, 0.15) is 42.5 Å². The average molecular weight is 772 g/mol. The van der Waals surface area contributed by atoms with Crippen LogP contribution >= 0.6 is 15.9 Å². The van der Waals surface area contributed by atoms with Gasteiger partial charge in [-0.2, -0.15) is 0 Å². The Morgan fingerprint density at radius 1 is 1.04 bits per heavy atom. The van der Waals surface area contributed by atoms with Gasteiger partial charge in [0, 0.05) is 34.8 Å². The molecule has 2 saturated heterocycles. The van der Waals surface area contributed by atoms with E-state index in [-0.39, 0.29) is 23.7 Å². The number of hydrogen-bond donors (Lipinski definition) is 4. The maximum atomic E-state index is 13.8. The molecule has 5 aromatic rings. The summed E-state index contributed by atoms with van der Waals surface area (Å²) in [6, 6.07) is 10.5. The molecule has 1 aromatic carbocycles. The SMILES string of the molecule is Cc1nc2c(ncn2[C@@H]2O[C@H](COP(C)(=O)O[C@@H]3C(C)[C@H](n4ccc5c(NC(=O)c6ccccc6)ncnc54)O[C@@H]3CO)[C@H](C)C2O[P+](=O)O)c(=O)[nH]1. The lowest BCUT2D eigenvalue weighted by Gasteiger charge is -2.26. The molecule has 4 aromatic heterocycles. The second-order valence-corrected chi connectivity index (χ2v) is 15.7. The highest BCUT2D eigenvalue weighted by atomic mass is 31.2. The summed E-state index contributed by atoms with van der Waals surface area (Å²) in [5.74, 6) is -0.753. The van der Waals surface area contributed by atoms with Gasteiger partial charge in [-0.25, -0.2) is 19.9 Å². The molecule has 7 rings (SSSR count). The largest absolute Gasteiger partial charge is 0.695 e. The molecule has 2 aliphatic rings. The predicted molar refractivity (Wildman–Crippen MR) is 187 cm³/mol. The van der Waals surface area contributed by atoms with Crippen molar-refractivity contribution < 1.29 is 47.0 Å². The third-order valence-electron chi connectivity index (χ3n) is 9.40. The monoisotopic (exact) mass is 771 g/mol. The number of nitrogens with one attached hydrogen (secondary N) is 2. The summed E-state index contributed by atoms with van der Waals surface area (Å²) in [6.45, 7) is 5.71. The Kier molecular flexibility index (Phi) is 10.4. The number of anilines is 1. The van der Waals surface area contributed by atoms with E-state index in [1.165, 1.54) is 23.9 Å². The van der Waals surface area contributed by atoms with E-state index < -0.39 is 76.7 Å². The number of aryl methyl sites for hydroxylation is 1. The number of imidazole rings is 1. The number of carbonyl (C=O) groups excluding carboxylic acids is 1. The van der Waals surface area contributed by atoms with Crippen LogP contribution in [0.5, 0.6) is 0 Å². The summed E-state index contributed by atoms with van der Waals surface area (Å²) >= 11 is 0. The maximum Gasteiger partial charge on any atom is 0.695 e. The topological polar surface area (TPSA) is 244 Å². The van der Waals surface area contributed by atoms with Crippen LogP contribution in [0, 0.1) is 18.8 Å². The van der Waals surface area contributed by atoms with Crippen molar-refractivity contribution in [1.82, 2.24) is 34.1 Å². The van der Waals surface area contributed by atoms with E-state index in [0.717, 1.165) is 0 Å². The number of aromatic amines is 1. The normalized spacial score (nSPS) is 27.3. The van der Waals surface area contributed by atoms with E-state index in [2.05, 4.69) is 30.2 Å². The van der Waals surface area contributed by atoms with Crippen molar-refractivity contribution in [2.45, 2.75) is 57.6 Å². The Morgan fingerprint density at radius 3 is 2.53 bits per heavy atom. The Morgan fingerprint density at radius 2 is 1.79 bits per heavy atom. The van der Waals surface area contributed by atoms with E-state index in [0.29, 0.717) is 28.2 Å². The lowest BCUT2D eigenvalue weighted by molar-refractivity contribution is -0.0498. The van der Waals surface area contributed by atoms with Gasteiger partial charge in [-0.05, 0) is 25.1 Å². The zero-order valence-corrected chi connectivity index (χ0v) is 30.7. The number of carbonyl (C=O) groups is 1. The molecule has 21 heteroatoms. The van der Waals surface area contributed by atoms with Crippen LogP contribution in [0.3, 0.4) is 0 Å². The fourth-order valence-corrected chi connectivity index (χ4v) is 8.51. The summed E-state index contributed by atoms with van der Waals surface area (Å²) in [6.07, 6.45) is -0.945. The van der Waals surface area contributed by atoms with E-state index in [1.54, 1.807) is 54.9 Å². The number of nitrogens with zero attached hydrogens (tertiary/aromatic N) is 6. The van der Waals surface area contributed by atoms with Crippen LogP contribution in [0.4, 0.5) is 5.82 Å². The first-order chi connectivity index (χ1) is 25.3. The van der Waals surface area contributed by atoms with Crippen LogP contribution in [-0.4, -0.2) is 94.3 Å². The minimum absolute atomic E-state index is 0.0467. The number of fused-ring (bicyclic) bond motifs is 2. The van der Waals surface area contributed by atoms with Crippen LogP contribution in [0.15, 0.2) is 60.0 Å². The number of aromatic nitrogens is 7. The van der Waals surface area contributed by atoms with Gasteiger partial charge in [0.2, 0.25) is 0 Å². The van der Waals surface area contributed by atoms with E-state index >= 15 is 0 Å². The number of aliphatic hydroxyl groups is 1. The second-order valence-electron chi connectivity index (χ2n) is 13.0. The molecule has 10 atom stereocenters. The summed E-state index contributed by atoms with van der Waals surface area (Å²) in [4.78, 5) is 54.7. The van der Waals surface area contributed by atoms with Crippen LogP contribution in [0.2, 0.25) is 0 Å². The molecule has 0 spiro atoms. The number of benzene rings is 1. The second kappa shape index (κ2) is 14.9. The summed E-state index contributed by atoms with van der Waals surface area (Å²) in [5.41, 5.74) is 0.689. The number of H-pyrrole nitrogens is 1. The first kappa shape index (κ1) is 37.0. The Bertz CT molecular complexity index is 2270. The zero-order chi connectivity index (χ0) is 37.6. The minimum Gasteiger partial charge on any atom is -0.394 e. The van der Waals surface area contributed by atoms with Crippen LogP contribution in [0.25, 0.3) is 22.2 Å². The van der Waals surface area contributed by atoms with E-state index in [9.17, 15) is 28.7 Å². The van der Waals surface area contributed by atoms with Gasteiger partial charge in [-0.15, -0.1) is 9.42 Å². The van der Waals surface area contributed by atoms with Crippen molar-refractivity contribution >= 4 is 49.8 Å². The highest BCUT2D eigenvalue weighted by Gasteiger charge is 2.50. The lowest BCUT2D eigenvalue weighted by Crippen LogP contribution is -2.31. The molecule has 4 unspecified atom stereocenters. The highest BCUT2D eigenvalue weighted by molar-refractivity contribution is 7.53. The molecular weight excluding hydrogens is 734 g/mol. The van der Waals surface area contributed by atoms with E-state index in [1.807, 2.05) is 13.0 Å². The van der Waals surface area contributed by atoms with Crippen molar-refractivity contribution in [2.75, 3.05) is 25.2 Å². The first-order valence-corrected chi connectivity index (χ1v) is 19.7. The van der Waals surface area contributed by atoms with Gasteiger partial charge >= 0.3 is 15.9 Å². The van der Waals surface area contributed by atoms with Crippen LogP contribution < -0.4 is 10.9 Å². The fourth-order valence-electron chi connectivity index (χ4n) is 6.76. The Labute approximate surface area is 302 Å². The van der Waals surface area contributed by atoms with Crippen LogP contribution in [-0.2, 0) is 32.2 Å². The number of hydrogen-bond acceptors (Lipinski definition) is 14. The fraction of sp³-hybridized carbons (Fsp3) is 0.438. The van der Waals surface area contributed by atoms with Gasteiger partial charge in [-0.1, -0.05) is 32.0 Å². The summed E-state index contributed by atoms with van der Waals surface area (Å²) in [7, 11) is -6.92. The van der Waals surface area contributed by atoms with Gasteiger partial charge in [-0.3, -0.25) is 18.7 Å². The Hall–Kier alpha value is -4.29. The molecular formula is C32H37N8O11P2+. The molecule has 0 saturated carbocycles. The molecule has 0 aliphatic carbocycles. The van der Waals surface area contributed by atoms with Crippen molar-refractivity contribution in [3.63, 3.8) is 0 Å². The number of amides is 1. The maximum absolute atomic E-state index is 13.8. The number of rotatable bonds is 12. The molecule has 280 valence electrons. The number of ether oxygens (including phenoxy) is 2. The molecule has 1 amide bonds. The highest BCUT2D eigenvalue weighted by Crippen LogP contribution is 2.52. The molecule has 19 nitrogen and oxygen atoms in total. The lowest BCUT2D eigenvalue weighted by atomic mass is 10.0. The minimum atomic E-state index is -3.87. The molecule has 2 fully saturated rings. The Balaban J connectivity index is 1.05. The van der Waals surface area contributed by atoms with Gasteiger partial charge in [0.25, 0.3) is 11.5 Å². The smallest absolute Gasteiger partial charge is 0.394 e. The molecule has 0 radical (unpaired) electrons. The molecule has 0 bridgehead atoms. The van der Waals surface area contributed by atoms with Crippen molar-refractivity contribution in [1.29, 1.82) is 0 Å².